The topological polar surface area (TPSA) is 14.1 Å². The van der Waals surface area contributed by atoms with E-state index in [9.17, 15) is 20.8 Å². The van der Waals surface area contributed by atoms with Gasteiger partial charge < -0.3 is 0 Å². The van der Waals surface area contributed by atoms with Gasteiger partial charge in [-0.25, -0.2) is 5.32 Å². The van der Waals surface area contributed by atoms with Crippen molar-refractivity contribution in [2.75, 3.05) is 13.1 Å². The van der Waals surface area contributed by atoms with Gasteiger partial charge in [-0.1, -0.05) is 26.7 Å². The fraction of sp³-hybridized carbons (Fsp3) is 1.00. The van der Waals surface area contributed by atoms with Crippen LogP contribution in [0.15, 0.2) is 0 Å². The molecule has 16 heavy (non-hydrogen) atoms. The van der Waals surface area contributed by atoms with Crippen LogP contribution in [0.1, 0.15) is 39.5 Å². The molecular weight excluding hydrogens is 299 g/mol. The molecule has 0 aliphatic carbocycles. The van der Waals surface area contributed by atoms with Crippen molar-refractivity contribution in [1.29, 1.82) is 0 Å². The Morgan fingerprint density at radius 3 is 1.19 bits per heavy atom. The molecule has 0 aromatic heterocycles. The van der Waals surface area contributed by atoms with Gasteiger partial charge in [0.1, 0.15) is 0 Å². The average molecular weight is 317 g/mol. The molecule has 0 aromatic rings. The molecule has 0 atom stereocenters. The van der Waals surface area contributed by atoms with Crippen LogP contribution in [0.4, 0.5) is 20.8 Å². The molecule has 0 aliphatic heterocycles. The zero-order valence-electron chi connectivity index (χ0n) is 9.40. The summed E-state index contributed by atoms with van der Waals surface area (Å²) in [7, 11) is 0. The quantitative estimate of drug-likeness (QED) is 0.393. The first-order valence-corrected chi connectivity index (χ1v) is 9.32. The first kappa shape index (κ1) is 18.5. The van der Waals surface area contributed by atoms with Crippen LogP contribution in [0.25, 0.3) is 0 Å². The summed E-state index contributed by atoms with van der Waals surface area (Å²) < 4.78 is 59.4. The first-order valence-electron chi connectivity index (χ1n) is 5.06. The van der Waals surface area contributed by atoms with Gasteiger partial charge in [0.25, 0.3) is 0 Å². The predicted molar refractivity (Wildman–Crippen MR) is 54.1 cm³/mol. The van der Waals surface area contributed by atoms with E-state index in [2.05, 4.69) is 19.2 Å². The summed E-state index contributed by atoms with van der Waals surface area (Å²) in [6, 6.07) is 0. The van der Waals surface area contributed by atoms with E-state index in [0.717, 1.165) is 13.1 Å². The van der Waals surface area contributed by atoms with Gasteiger partial charge in [0.15, 0.2) is 0 Å². The normalized spacial score (nSPS) is 15.8. The zero-order valence-corrected chi connectivity index (χ0v) is 11.3. The van der Waals surface area contributed by atoms with Crippen molar-refractivity contribution in [3.05, 3.63) is 0 Å². The Balaban J connectivity index is 0. The maximum absolute atomic E-state index is 11.1. The van der Waals surface area contributed by atoms with E-state index < -0.39 is 14.2 Å². The van der Waals surface area contributed by atoms with Crippen molar-refractivity contribution in [3.8, 4) is 0 Å². The fourth-order valence-corrected chi connectivity index (χ4v) is 0.652. The Morgan fingerprint density at radius 2 is 1.00 bits per heavy atom. The van der Waals surface area contributed by atoms with Crippen LogP contribution in [-0.4, -0.2) is 27.3 Å². The van der Waals surface area contributed by atoms with Gasteiger partial charge in [-0.15, -0.1) is 0 Å². The minimum absolute atomic E-state index is 1.08. The molecule has 0 unspecified atom stereocenters. The second kappa shape index (κ2) is 6.15. The van der Waals surface area contributed by atoms with Crippen LogP contribution in [0, 0.1) is 0 Å². The van der Waals surface area contributed by atoms with Crippen LogP contribution in [0.5, 0.6) is 0 Å². The Hall–Kier alpha value is 0.0984. The Kier molecular flexibility index (Phi) is 7.09. The number of nitrogens with zero attached hydrogens (tertiary/aromatic N) is 1. The average Bonchev–Trinajstić information content (AvgIpc) is 1.98. The van der Waals surface area contributed by atoms with E-state index in [1.807, 2.05) is 0 Å². The van der Waals surface area contributed by atoms with E-state index >= 15 is 0 Å². The molecule has 0 spiro atoms. The summed E-state index contributed by atoms with van der Waals surface area (Å²) >= 11 is -11.1. The van der Waals surface area contributed by atoms with Gasteiger partial charge in [0.05, 0.1) is 0 Å². The van der Waals surface area contributed by atoms with Gasteiger partial charge in [0.2, 0.25) is 0 Å². The van der Waals surface area contributed by atoms with E-state index in [0.29, 0.717) is 0 Å². The summed E-state index contributed by atoms with van der Waals surface area (Å²) in [5.41, 5.74) is 0. The summed E-state index contributed by atoms with van der Waals surface area (Å²) in [5.74, 6) is 0. The fourth-order valence-electron chi connectivity index (χ4n) is 0.652. The first-order chi connectivity index (χ1) is 6.86. The Labute approximate surface area is 93.4 Å². The van der Waals surface area contributed by atoms with Crippen LogP contribution in [0.3, 0.4) is 0 Å². The molecule has 0 bridgehead atoms. The SMILES string of the molecule is CCCC[N]CCCC.F[As-](F)(F)(F)(F)F. The van der Waals surface area contributed by atoms with Crippen LogP contribution in [0.2, 0.25) is 0 Å². The van der Waals surface area contributed by atoms with Crippen molar-refractivity contribution in [1.82, 2.24) is 5.32 Å². The second-order valence-corrected chi connectivity index (χ2v) is 7.36. The van der Waals surface area contributed by atoms with Crippen molar-refractivity contribution in [2.45, 2.75) is 39.5 Å². The number of halogens is 6. The second-order valence-electron chi connectivity index (χ2n) is 3.34. The van der Waals surface area contributed by atoms with E-state index in [1.54, 1.807) is 0 Å². The van der Waals surface area contributed by atoms with Crippen LogP contribution >= 0.6 is 0 Å². The molecule has 8 heteroatoms. The van der Waals surface area contributed by atoms with Crippen LogP contribution in [-0.2, 0) is 0 Å². The van der Waals surface area contributed by atoms with Gasteiger partial charge in [0, 0.05) is 13.1 Å². The van der Waals surface area contributed by atoms with Crippen molar-refractivity contribution in [3.63, 3.8) is 0 Å². The molecule has 0 amide bonds. The monoisotopic (exact) mass is 317 g/mol. The molecule has 1 radical (unpaired) electrons. The number of hydrogen-bond acceptors (Lipinski definition) is 0. The Morgan fingerprint density at radius 1 is 0.750 bits per heavy atom. The standard InChI is InChI=1S/C8H18N.AsF6/c1-3-5-7-9-8-6-4-2;2-1(3,4,5,6)7/h3-8H2,1-2H3;/q;-1. The molecule has 0 saturated carbocycles. The number of hydrogen-bond donors (Lipinski definition) is 0. The van der Waals surface area contributed by atoms with Crippen molar-refractivity contribution in [2.24, 2.45) is 0 Å². The van der Waals surface area contributed by atoms with Crippen molar-refractivity contribution < 1.29 is 20.8 Å². The third-order valence-corrected chi connectivity index (χ3v) is 1.34. The third-order valence-electron chi connectivity index (χ3n) is 1.34. The molecule has 0 N–H and O–H groups in total. The predicted octanol–water partition coefficient (Wildman–Crippen LogP) is 4.33. The number of rotatable bonds is 6. The molecule has 0 saturated heterocycles. The minimum atomic E-state index is -11.1. The number of unbranched alkanes of at least 4 members (excludes halogenated alkanes) is 2. The molecule has 0 aromatic carbocycles. The molecule has 0 aliphatic rings. The van der Waals surface area contributed by atoms with Gasteiger partial charge in [-0.2, -0.15) is 0 Å². The van der Waals surface area contributed by atoms with Gasteiger partial charge >= 0.3 is 35.0 Å². The molecule has 103 valence electrons. The summed E-state index contributed by atoms with van der Waals surface area (Å²) in [4.78, 5) is 0. The summed E-state index contributed by atoms with van der Waals surface area (Å²) in [5, 5.41) is 4.35. The van der Waals surface area contributed by atoms with Gasteiger partial charge in [-0.05, 0) is 12.8 Å². The summed E-state index contributed by atoms with van der Waals surface area (Å²) in [6.07, 6.45) is 5.08. The van der Waals surface area contributed by atoms with E-state index in [1.165, 1.54) is 25.7 Å². The molecule has 0 heterocycles. The maximum atomic E-state index is 9.91. The third kappa shape index (κ3) is 65.0. The summed E-state index contributed by atoms with van der Waals surface area (Å²) in [6.45, 7) is 6.57. The molecule has 1 nitrogen and oxygen atoms in total. The Bertz CT molecular complexity index is 156. The van der Waals surface area contributed by atoms with E-state index in [4.69, 9.17) is 0 Å². The van der Waals surface area contributed by atoms with Crippen molar-refractivity contribution >= 4 is 14.2 Å². The molecule has 0 fully saturated rings. The van der Waals surface area contributed by atoms with Gasteiger partial charge in [-0.3, -0.25) is 0 Å². The van der Waals surface area contributed by atoms with Crippen LogP contribution < -0.4 is 5.32 Å². The molecule has 0 rings (SSSR count). The zero-order chi connectivity index (χ0) is 13.4. The van der Waals surface area contributed by atoms with E-state index in [-0.39, 0.29) is 0 Å². The molecular formula is C8H18AsF6N-.